The third-order valence-corrected chi connectivity index (χ3v) is 4.74. The van der Waals surface area contributed by atoms with Crippen molar-refractivity contribution in [3.05, 3.63) is 51.8 Å². The van der Waals surface area contributed by atoms with Gasteiger partial charge in [-0.3, -0.25) is 10.1 Å². The van der Waals surface area contributed by atoms with Crippen molar-refractivity contribution < 1.29 is 13.9 Å². The van der Waals surface area contributed by atoms with E-state index in [4.69, 9.17) is 20.8 Å². The molecule has 0 radical (unpaired) electrons. The lowest BCUT2D eigenvalue weighted by Crippen LogP contribution is -2.12. The number of ether oxygens (including phenoxy) is 1. The molecule has 24 heavy (non-hydrogen) atoms. The van der Waals surface area contributed by atoms with Gasteiger partial charge in [0.1, 0.15) is 17.3 Å². The molecule has 0 aliphatic heterocycles. The molecule has 5 nitrogen and oxygen atoms in total. The van der Waals surface area contributed by atoms with Crippen molar-refractivity contribution in [2.45, 2.75) is 13.8 Å². The topological polar surface area (TPSA) is 64.4 Å². The number of nitrogens with one attached hydrogen (secondary N) is 1. The number of aromatic nitrogens is 1. The lowest BCUT2D eigenvalue weighted by atomic mass is 10.2. The Morgan fingerprint density at radius 2 is 1.96 bits per heavy atom. The zero-order valence-corrected chi connectivity index (χ0v) is 14.9. The second-order valence-corrected chi connectivity index (χ2v) is 6.36. The fraction of sp³-hybridized carbons (Fsp3) is 0.176. The minimum Gasteiger partial charge on any atom is -0.497 e. The number of methoxy groups -OCH3 is 1. The van der Waals surface area contributed by atoms with E-state index >= 15 is 0 Å². The predicted molar refractivity (Wildman–Crippen MR) is 95.2 cm³/mol. The van der Waals surface area contributed by atoms with E-state index < -0.39 is 0 Å². The molecule has 0 bridgehead atoms. The van der Waals surface area contributed by atoms with Crippen molar-refractivity contribution in [2.75, 3.05) is 12.4 Å². The van der Waals surface area contributed by atoms with E-state index in [0.29, 0.717) is 27.2 Å². The maximum atomic E-state index is 12.4. The Balaban J connectivity index is 1.79. The van der Waals surface area contributed by atoms with Crippen molar-refractivity contribution in [3.63, 3.8) is 0 Å². The molecule has 0 spiro atoms. The fourth-order valence-electron chi connectivity index (χ4n) is 2.30. The molecule has 3 rings (SSSR count). The zero-order chi connectivity index (χ0) is 17.3. The quantitative estimate of drug-likeness (QED) is 0.714. The van der Waals surface area contributed by atoms with Crippen LogP contribution in [0, 0.1) is 13.8 Å². The van der Waals surface area contributed by atoms with Crippen molar-refractivity contribution in [3.8, 4) is 17.0 Å². The van der Waals surface area contributed by atoms with Gasteiger partial charge in [-0.05, 0) is 38.1 Å². The number of rotatable bonds is 4. The molecule has 0 fully saturated rings. The van der Waals surface area contributed by atoms with Crippen LogP contribution in [0.5, 0.6) is 5.75 Å². The highest BCUT2D eigenvalue weighted by Gasteiger charge is 2.21. The van der Waals surface area contributed by atoms with Crippen molar-refractivity contribution in [2.24, 2.45) is 0 Å². The SMILES string of the molecule is COc1ccc(-c2csc(NC(=O)c3c(C)oc(C)c3Cl)n2)cc1. The molecule has 3 aromatic rings. The van der Waals surface area contributed by atoms with Crippen LogP contribution in [0.25, 0.3) is 11.3 Å². The Bertz CT molecular complexity index is 884. The largest absolute Gasteiger partial charge is 0.497 e. The maximum absolute atomic E-state index is 12.4. The number of hydrogen-bond donors (Lipinski definition) is 1. The summed E-state index contributed by atoms with van der Waals surface area (Å²) in [6.45, 7) is 3.43. The summed E-state index contributed by atoms with van der Waals surface area (Å²) in [5.41, 5.74) is 2.07. The van der Waals surface area contributed by atoms with Crippen LogP contribution in [0.15, 0.2) is 34.1 Å². The number of benzene rings is 1. The van der Waals surface area contributed by atoms with Crippen LogP contribution >= 0.6 is 22.9 Å². The molecule has 0 aliphatic carbocycles. The molecule has 124 valence electrons. The van der Waals surface area contributed by atoms with Crippen LogP contribution in [0.4, 0.5) is 5.13 Å². The Labute approximate surface area is 148 Å². The molecule has 1 amide bonds. The van der Waals surface area contributed by atoms with E-state index in [2.05, 4.69) is 10.3 Å². The van der Waals surface area contributed by atoms with Crippen LogP contribution in [-0.2, 0) is 0 Å². The molecule has 1 aromatic carbocycles. The van der Waals surface area contributed by atoms with Gasteiger partial charge in [0.15, 0.2) is 5.13 Å². The van der Waals surface area contributed by atoms with Crippen LogP contribution in [0.2, 0.25) is 5.02 Å². The Morgan fingerprint density at radius 1 is 1.25 bits per heavy atom. The van der Waals surface area contributed by atoms with Gasteiger partial charge >= 0.3 is 0 Å². The Hall–Kier alpha value is -2.31. The van der Waals surface area contributed by atoms with E-state index in [-0.39, 0.29) is 5.91 Å². The molecule has 0 saturated heterocycles. The van der Waals surface area contributed by atoms with Crippen LogP contribution < -0.4 is 10.1 Å². The van der Waals surface area contributed by atoms with Gasteiger partial charge in [0, 0.05) is 10.9 Å². The van der Waals surface area contributed by atoms with Gasteiger partial charge in [-0.25, -0.2) is 4.98 Å². The lowest BCUT2D eigenvalue weighted by Gasteiger charge is -2.02. The summed E-state index contributed by atoms with van der Waals surface area (Å²) in [5, 5.41) is 5.48. The highest BCUT2D eigenvalue weighted by Crippen LogP contribution is 2.30. The lowest BCUT2D eigenvalue weighted by molar-refractivity contribution is 0.102. The predicted octanol–water partition coefficient (Wildman–Crippen LogP) is 4.93. The van der Waals surface area contributed by atoms with Gasteiger partial charge in [0.05, 0.1) is 23.4 Å². The molecule has 2 heterocycles. The summed E-state index contributed by atoms with van der Waals surface area (Å²) < 4.78 is 10.5. The van der Waals surface area contributed by atoms with E-state index in [1.165, 1.54) is 11.3 Å². The van der Waals surface area contributed by atoms with Gasteiger partial charge in [0.25, 0.3) is 5.91 Å². The molecular formula is C17H15ClN2O3S. The Kier molecular flexibility index (Phi) is 4.59. The highest BCUT2D eigenvalue weighted by molar-refractivity contribution is 7.14. The first-order chi connectivity index (χ1) is 11.5. The average Bonchev–Trinajstić information content (AvgIpc) is 3.12. The molecule has 0 unspecified atom stereocenters. The number of aryl methyl sites for hydroxylation is 2. The summed E-state index contributed by atoms with van der Waals surface area (Å²) in [4.78, 5) is 16.8. The van der Waals surface area contributed by atoms with Crippen molar-refractivity contribution in [1.82, 2.24) is 4.98 Å². The summed E-state index contributed by atoms with van der Waals surface area (Å²) in [6.07, 6.45) is 0. The van der Waals surface area contributed by atoms with Gasteiger partial charge in [-0.15, -0.1) is 11.3 Å². The zero-order valence-electron chi connectivity index (χ0n) is 13.3. The number of furan rings is 1. The van der Waals surface area contributed by atoms with Gasteiger partial charge in [0.2, 0.25) is 0 Å². The molecular weight excluding hydrogens is 348 g/mol. The molecule has 1 N–H and O–H groups in total. The first-order valence-corrected chi connectivity index (χ1v) is 8.42. The van der Waals surface area contributed by atoms with Crippen molar-refractivity contribution >= 4 is 34.0 Å². The van der Waals surface area contributed by atoms with Crippen molar-refractivity contribution in [1.29, 1.82) is 0 Å². The second-order valence-electron chi connectivity index (χ2n) is 5.12. The summed E-state index contributed by atoms with van der Waals surface area (Å²) in [7, 11) is 1.62. The number of amides is 1. The molecule has 0 saturated carbocycles. The monoisotopic (exact) mass is 362 g/mol. The van der Waals surface area contributed by atoms with Crippen LogP contribution in [-0.4, -0.2) is 18.0 Å². The number of anilines is 1. The minimum atomic E-state index is -0.329. The average molecular weight is 363 g/mol. The Morgan fingerprint density at radius 3 is 2.54 bits per heavy atom. The highest BCUT2D eigenvalue weighted by atomic mass is 35.5. The third kappa shape index (κ3) is 3.16. The first kappa shape index (κ1) is 16.5. The third-order valence-electron chi connectivity index (χ3n) is 3.52. The normalized spacial score (nSPS) is 10.7. The fourth-order valence-corrected chi connectivity index (χ4v) is 3.27. The number of carbonyl (C=O) groups excluding carboxylic acids is 1. The van der Waals surface area contributed by atoms with E-state index in [9.17, 15) is 4.79 Å². The standard InChI is InChI=1S/C17H15ClN2O3S/c1-9-14(15(18)10(2)23-9)16(21)20-17-19-13(8-24-17)11-4-6-12(22-3)7-5-11/h4-8H,1-3H3,(H,19,20,21). The van der Waals surface area contributed by atoms with Gasteiger partial charge < -0.3 is 9.15 Å². The summed E-state index contributed by atoms with van der Waals surface area (Å²) >= 11 is 7.47. The minimum absolute atomic E-state index is 0.329. The maximum Gasteiger partial charge on any atom is 0.262 e. The number of nitrogens with zero attached hydrogens (tertiary/aromatic N) is 1. The summed E-state index contributed by atoms with van der Waals surface area (Å²) in [5.74, 6) is 1.47. The van der Waals surface area contributed by atoms with Gasteiger partial charge in [-0.2, -0.15) is 0 Å². The number of hydrogen-bond acceptors (Lipinski definition) is 5. The molecule has 0 aliphatic rings. The number of halogens is 1. The molecule has 2 aromatic heterocycles. The van der Waals surface area contributed by atoms with E-state index in [0.717, 1.165) is 17.0 Å². The van der Waals surface area contributed by atoms with E-state index in [1.807, 2.05) is 29.6 Å². The second kappa shape index (κ2) is 6.67. The molecule has 7 heteroatoms. The molecule has 0 atom stereocenters. The summed E-state index contributed by atoms with van der Waals surface area (Å²) in [6, 6.07) is 7.56. The number of thiazole rings is 1. The van der Waals surface area contributed by atoms with Crippen LogP contribution in [0.1, 0.15) is 21.9 Å². The smallest absolute Gasteiger partial charge is 0.262 e. The van der Waals surface area contributed by atoms with Crippen LogP contribution in [0.3, 0.4) is 0 Å². The number of carbonyl (C=O) groups is 1. The van der Waals surface area contributed by atoms with Gasteiger partial charge in [-0.1, -0.05) is 11.6 Å². The first-order valence-electron chi connectivity index (χ1n) is 7.16. The van der Waals surface area contributed by atoms with E-state index in [1.54, 1.807) is 21.0 Å².